The van der Waals surface area contributed by atoms with Gasteiger partial charge >= 0.3 is 5.97 Å². The summed E-state index contributed by atoms with van der Waals surface area (Å²) in [5.74, 6) is 0.329. The number of nitrogens with zero attached hydrogens (tertiary/aromatic N) is 1. The number of carboxylic acids is 1. The van der Waals surface area contributed by atoms with Crippen LogP contribution >= 0.6 is 11.8 Å². The van der Waals surface area contributed by atoms with Crippen molar-refractivity contribution in [1.29, 1.82) is 0 Å². The second-order valence-corrected chi connectivity index (χ2v) is 10.8. The number of rotatable bonds is 13. The Morgan fingerprint density at radius 3 is 2.27 bits per heavy atom. The number of carbonyl (C=O) groups is 2. The van der Waals surface area contributed by atoms with Gasteiger partial charge in [0.2, 0.25) is 5.89 Å². The fourth-order valence-corrected chi connectivity index (χ4v) is 4.54. The maximum Gasteiger partial charge on any atom is 0.326 e. The number of benzene rings is 3. The second-order valence-electron chi connectivity index (χ2n) is 9.83. The Kier molecular flexibility index (Phi) is 16.6. The molecule has 0 spiro atoms. The third-order valence-corrected chi connectivity index (χ3v) is 7.21. The molecule has 0 saturated carbocycles. The molecule has 236 valence electrons. The number of nitrogens with one attached hydrogen (secondary N) is 1. The van der Waals surface area contributed by atoms with Crippen molar-refractivity contribution in [3.8, 4) is 22.6 Å². The zero-order valence-electron chi connectivity index (χ0n) is 26.8. The van der Waals surface area contributed by atoms with Gasteiger partial charge in [-0.1, -0.05) is 89.1 Å². The van der Waals surface area contributed by atoms with Crippen LogP contribution < -0.4 is 5.32 Å². The Morgan fingerprint density at radius 1 is 0.955 bits per heavy atom. The van der Waals surface area contributed by atoms with Crippen LogP contribution in [0.1, 0.15) is 74.2 Å². The largest absolute Gasteiger partial charge is 0.480 e. The highest BCUT2D eigenvalue weighted by molar-refractivity contribution is 7.98. The summed E-state index contributed by atoms with van der Waals surface area (Å²) in [6, 6.07) is 22.0. The van der Waals surface area contributed by atoms with Crippen LogP contribution in [0.15, 0.2) is 83.4 Å². The molecule has 0 aliphatic carbocycles. The average Bonchev–Trinajstić information content (AvgIpc) is 3.53. The Hall–Kier alpha value is -3.88. The van der Waals surface area contributed by atoms with E-state index in [0.29, 0.717) is 36.0 Å². The number of ether oxygens (including phenoxy) is 1. The number of unbranched alkanes of at least 4 members (excludes halogenated alkanes) is 1. The molecule has 1 heterocycles. The molecule has 7 nitrogen and oxygen atoms in total. The Bertz CT molecular complexity index is 1420. The summed E-state index contributed by atoms with van der Waals surface area (Å²) in [4.78, 5) is 29.3. The molecular formula is C36H46N2O5S. The van der Waals surface area contributed by atoms with Gasteiger partial charge in [0.1, 0.15) is 12.6 Å². The van der Waals surface area contributed by atoms with E-state index < -0.39 is 17.9 Å². The maximum absolute atomic E-state index is 13.2. The molecule has 3 aromatic carbocycles. The number of hydrogen-bond acceptors (Lipinski definition) is 6. The lowest BCUT2D eigenvalue weighted by atomic mass is 9.93. The van der Waals surface area contributed by atoms with Crippen LogP contribution in [0, 0.1) is 6.92 Å². The molecule has 0 fully saturated rings. The predicted molar refractivity (Wildman–Crippen MR) is 181 cm³/mol. The van der Waals surface area contributed by atoms with Crippen LogP contribution in [0.25, 0.3) is 22.6 Å². The first-order chi connectivity index (χ1) is 21.4. The Morgan fingerprint density at radius 2 is 1.64 bits per heavy atom. The van der Waals surface area contributed by atoms with Gasteiger partial charge in [0.05, 0.1) is 12.8 Å². The normalized spacial score (nSPS) is 11.0. The van der Waals surface area contributed by atoms with Crippen LogP contribution in [0.4, 0.5) is 0 Å². The van der Waals surface area contributed by atoms with Gasteiger partial charge in [0, 0.05) is 11.1 Å². The molecule has 1 atom stereocenters. The highest BCUT2D eigenvalue weighted by Crippen LogP contribution is 2.29. The molecule has 8 heteroatoms. The van der Waals surface area contributed by atoms with Crippen molar-refractivity contribution in [3.05, 3.63) is 101 Å². The Labute approximate surface area is 266 Å². The van der Waals surface area contributed by atoms with Gasteiger partial charge in [-0.2, -0.15) is 11.8 Å². The van der Waals surface area contributed by atoms with Crippen LogP contribution in [0.5, 0.6) is 0 Å². The molecule has 0 radical (unpaired) electrons. The van der Waals surface area contributed by atoms with Crippen molar-refractivity contribution in [3.63, 3.8) is 0 Å². The minimum atomic E-state index is -1.04. The van der Waals surface area contributed by atoms with Gasteiger partial charge in [0.25, 0.3) is 5.91 Å². The molecular weight excluding hydrogens is 572 g/mol. The molecule has 4 rings (SSSR count). The highest BCUT2D eigenvalue weighted by Gasteiger charge is 2.22. The van der Waals surface area contributed by atoms with E-state index in [4.69, 9.17) is 9.15 Å². The molecule has 44 heavy (non-hydrogen) atoms. The van der Waals surface area contributed by atoms with Crippen molar-refractivity contribution in [2.24, 2.45) is 0 Å². The maximum atomic E-state index is 13.2. The number of carboxylic acid groups (broad SMARTS) is 1. The van der Waals surface area contributed by atoms with Crippen molar-refractivity contribution in [2.45, 2.75) is 73.1 Å². The van der Waals surface area contributed by atoms with Crippen LogP contribution in [-0.4, -0.2) is 40.0 Å². The van der Waals surface area contributed by atoms with Gasteiger partial charge < -0.3 is 19.6 Å². The number of aliphatic carboxylic acids is 1. The Balaban J connectivity index is 0.00000104. The molecule has 1 amide bonds. The quantitative estimate of drug-likeness (QED) is 0.154. The molecule has 1 unspecified atom stereocenters. The number of thioether (sulfide) groups is 1. The molecule has 0 aliphatic rings. The standard InChI is InChI=1S/C30H30N2O5S.C4H10.C2H6/c1-20-8-6-7-11-24(20)26-16-21(12-13-25(26)28(33)32-27(30(34)35)14-15-38-2)18-36-19-23-17-31-29(37-23)22-9-4-3-5-10-22;1-3-4-2;1-2/h3-13,16-17,27H,14-15,18-19H2,1-2H3,(H,32,33)(H,34,35);3-4H2,1-2H3;1-2H3. The number of carbonyl (C=O) groups excluding carboxylic acids is 1. The van der Waals surface area contributed by atoms with E-state index in [1.807, 2.05) is 93.8 Å². The van der Waals surface area contributed by atoms with E-state index in [9.17, 15) is 14.7 Å². The monoisotopic (exact) mass is 618 g/mol. The number of amides is 1. The van der Waals surface area contributed by atoms with E-state index in [2.05, 4.69) is 24.1 Å². The van der Waals surface area contributed by atoms with Gasteiger partial charge in [-0.25, -0.2) is 9.78 Å². The molecule has 0 bridgehead atoms. The van der Waals surface area contributed by atoms with Crippen LogP contribution in [-0.2, 0) is 22.7 Å². The minimum absolute atomic E-state index is 0.248. The molecule has 2 N–H and O–H groups in total. The van der Waals surface area contributed by atoms with Gasteiger partial charge in [-0.15, -0.1) is 0 Å². The number of aromatic nitrogens is 1. The second kappa shape index (κ2) is 20.1. The zero-order chi connectivity index (χ0) is 32.3. The summed E-state index contributed by atoms with van der Waals surface area (Å²) >= 11 is 1.54. The highest BCUT2D eigenvalue weighted by atomic mass is 32.2. The van der Waals surface area contributed by atoms with Crippen LogP contribution in [0.2, 0.25) is 0 Å². The van der Waals surface area contributed by atoms with Crippen molar-refractivity contribution >= 4 is 23.6 Å². The first-order valence-electron chi connectivity index (χ1n) is 15.2. The summed E-state index contributed by atoms with van der Waals surface area (Å²) in [5.41, 5.74) is 4.82. The number of hydrogen-bond donors (Lipinski definition) is 2. The fourth-order valence-electron chi connectivity index (χ4n) is 4.06. The SMILES string of the molecule is CC.CCCC.CSCCC(NC(=O)c1ccc(COCc2cnc(-c3ccccc3)o2)cc1-c1ccccc1C)C(=O)O. The zero-order valence-corrected chi connectivity index (χ0v) is 27.6. The summed E-state index contributed by atoms with van der Waals surface area (Å²) in [6.45, 7) is 10.9. The van der Waals surface area contributed by atoms with Gasteiger partial charge in [0.15, 0.2) is 5.76 Å². The number of aryl methyl sites for hydroxylation is 1. The minimum Gasteiger partial charge on any atom is -0.480 e. The summed E-state index contributed by atoms with van der Waals surface area (Å²) in [5, 5.41) is 12.3. The first kappa shape index (κ1) is 36.3. The molecule has 0 aliphatic heterocycles. The molecule has 1 aromatic heterocycles. The van der Waals surface area contributed by atoms with Gasteiger partial charge in [-0.05, 0) is 71.9 Å². The van der Waals surface area contributed by atoms with E-state index in [-0.39, 0.29) is 6.61 Å². The average molecular weight is 619 g/mol. The first-order valence-corrected chi connectivity index (χ1v) is 16.6. The fraction of sp³-hybridized carbons (Fsp3) is 0.361. The topological polar surface area (TPSA) is 102 Å². The summed E-state index contributed by atoms with van der Waals surface area (Å²) in [6.07, 6.45) is 6.55. The molecule has 0 saturated heterocycles. The lowest BCUT2D eigenvalue weighted by molar-refractivity contribution is -0.139. The van der Waals surface area contributed by atoms with Crippen molar-refractivity contribution in [1.82, 2.24) is 10.3 Å². The lowest BCUT2D eigenvalue weighted by Crippen LogP contribution is -2.41. The predicted octanol–water partition coefficient (Wildman–Crippen LogP) is 8.80. The van der Waals surface area contributed by atoms with Gasteiger partial charge in [-0.3, -0.25) is 4.79 Å². The molecule has 4 aromatic rings. The number of oxazole rings is 1. The van der Waals surface area contributed by atoms with Crippen LogP contribution in [0.3, 0.4) is 0 Å². The van der Waals surface area contributed by atoms with Crippen molar-refractivity contribution < 1.29 is 23.8 Å². The van der Waals surface area contributed by atoms with Crippen molar-refractivity contribution in [2.75, 3.05) is 12.0 Å². The van der Waals surface area contributed by atoms with E-state index in [0.717, 1.165) is 27.8 Å². The van der Waals surface area contributed by atoms with E-state index >= 15 is 0 Å². The third-order valence-electron chi connectivity index (χ3n) is 6.57. The lowest BCUT2D eigenvalue weighted by Gasteiger charge is -2.17. The smallest absolute Gasteiger partial charge is 0.326 e. The summed E-state index contributed by atoms with van der Waals surface area (Å²) < 4.78 is 11.7. The van der Waals surface area contributed by atoms with E-state index in [1.54, 1.807) is 24.0 Å². The van der Waals surface area contributed by atoms with E-state index in [1.165, 1.54) is 12.8 Å². The summed E-state index contributed by atoms with van der Waals surface area (Å²) in [7, 11) is 0. The third kappa shape index (κ3) is 11.3.